The van der Waals surface area contributed by atoms with Crippen LogP contribution in [0.25, 0.3) is 0 Å². The predicted molar refractivity (Wildman–Crippen MR) is 84.5 cm³/mol. The highest BCUT2D eigenvalue weighted by molar-refractivity contribution is 5.87. The molecule has 0 aliphatic carbocycles. The van der Waals surface area contributed by atoms with Crippen molar-refractivity contribution in [1.29, 1.82) is 0 Å². The van der Waals surface area contributed by atoms with Crippen LogP contribution >= 0.6 is 0 Å². The number of rotatable bonds is 8. The molecule has 0 bridgehead atoms. The van der Waals surface area contributed by atoms with E-state index in [1.807, 2.05) is 39.8 Å². The van der Waals surface area contributed by atoms with E-state index >= 15 is 0 Å². The van der Waals surface area contributed by atoms with Gasteiger partial charge in [0.05, 0.1) is 0 Å². The van der Waals surface area contributed by atoms with Gasteiger partial charge in [0.25, 0.3) is 0 Å². The summed E-state index contributed by atoms with van der Waals surface area (Å²) in [6.45, 7) is 9.83. The number of nitrogens with one attached hydrogen (secondary N) is 1. The molecule has 0 saturated carbocycles. The highest BCUT2D eigenvalue weighted by Crippen LogP contribution is 2.18. The van der Waals surface area contributed by atoms with Gasteiger partial charge in [-0.25, -0.2) is 0 Å². The third-order valence-corrected chi connectivity index (χ3v) is 2.98. The lowest BCUT2D eigenvalue weighted by atomic mass is 9.94. The minimum Gasteiger partial charge on any atom is -0.460 e. The SMILES string of the molecule is C/C=C/CNC(=O)/C=C/C(C)C(OC(=O)C(C)N)C(C)C. The lowest BCUT2D eigenvalue weighted by Crippen LogP contribution is -2.36. The first-order valence-corrected chi connectivity index (χ1v) is 7.32. The van der Waals surface area contributed by atoms with E-state index in [-0.39, 0.29) is 23.8 Å². The van der Waals surface area contributed by atoms with Crippen LogP contribution in [0.5, 0.6) is 0 Å². The van der Waals surface area contributed by atoms with Crippen LogP contribution in [0.3, 0.4) is 0 Å². The van der Waals surface area contributed by atoms with Gasteiger partial charge in [-0.2, -0.15) is 0 Å². The van der Waals surface area contributed by atoms with Crippen LogP contribution in [0.15, 0.2) is 24.3 Å². The molecular weight excluding hydrogens is 268 g/mol. The molecule has 21 heavy (non-hydrogen) atoms. The molecule has 0 aliphatic rings. The van der Waals surface area contributed by atoms with E-state index in [1.165, 1.54) is 6.08 Å². The van der Waals surface area contributed by atoms with Crippen LogP contribution in [0, 0.1) is 11.8 Å². The van der Waals surface area contributed by atoms with E-state index in [0.29, 0.717) is 6.54 Å². The van der Waals surface area contributed by atoms with E-state index < -0.39 is 12.0 Å². The summed E-state index contributed by atoms with van der Waals surface area (Å²) >= 11 is 0. The van der Waals surface area contributed by atoms with E-state index in [9.17, 15) is 9.59 Å². The van der Waals surface area contributed by atoms with Crippen LogP contribution in [0.4, 0.5) is 0 Å². The van der Waals surface area contributed by atoms with Gasteiger partial charge in [0.15, 0.2) is 0 Å². The molecule has 5 nitrogen and oxygen atoms in total. The topological polar surface area (TPSA) is 81.4 Å². The van der Waals surface area contributed by atoms with Gasteiger partial charge >= 0.3 is 5.97 Å². The van der Waals surface area contributed by atoms with E-state index in [0.717, 1.165) is 0 Å². The monoisotopic (exact) mass is 296 g/mol. The van der Waals surface area contributed by atoms with Crippen LogP contribution < -0.4 is 11.1 Å². The Morgan fingerprint density at radius 1 is 1.24 bits per heavy atom. The Morgan fingerprint density at radius 3 is 2.33 bits per heavy atom. The van der Waals surface area contributed by atoms with Crippen LogP contribution in [-0.2, 0) is 14.3 Å². The zero-order valence-corrected chi connectivity index (χ0v) is 13.6. The molecule has 0 rings (SSSR count). The van der Waals surface area contributed by atoms with E-state index in [1.54, 1.807) is 13.0 Å². The highest BCUT2D eigenvalue weighted by Gasteiger charge is 2.24. The number of amides is 1. The van der Waals surface area contributed by atoms with Gasteiger partial charge in [-0.1, -0.05) is 39.0 Å². The second kappa shape index (κ2) is 10.2. The Bertz CT molecular complexity index is 387. The normalized spacial score (nSPS) is 16.1. The van der Waals surface area contributed by atoms with Crippen molar-refractivity contribution in [1.82, 2.24) is 5.32 Å². The lowest BCUT2D eigenvalue weighted by Gasteiger charge is -2.26. The van der Waals surface area contributed by atoms with Crippen molar-refractivity contribution in [2.24, 2.45) is 17.6 Å². The van der Waals surface area contributed by atoms with Crippen molar-refractivity contribution in [2.75, 3.05) is 6.54 Å². The number of ether oxygens (including phenoxy) is 1. The Labute approximate surface area is 127 Å². The summed E-state index contributed by atoms with van der Waals surface area (Å²) in [5.41, 5.74) is 5.51. The molecule has 0 aromatic carbocycles. The summed E-state index contributed by atoms with van der Waals surface area (Å²) in [5.74, 6) is -0.522. The Balaban J connectivity index is 4.57. The van der Waals surface area contributed by atoms with Crippen molar-refractivity contribution in [3.63, 3.8) is 0 Å². The van der Waals surface area contributed by atoms with Crippen molar-refractivity contribution in [3.8, 4) is 0 Å². The largest absolute Gasteiger partial charge is 0.460 e. The van der Waals surface area contributed by atoms with Crippen molar-refractivity contribution >= 4 is 11.9 Å². The quantitative estimate of drug-likeness (QED) is 0.406. The van der Waals surface area contributed by atoms with E-state index in [4.69, 9.17) is 10.5 Å². The molecule has 1 amide bonds. The Morgan fingerprint density at radius 2 is 1.86 bits per heavy atom. The maximum absolute atomic E-state index is 11.6. The molecular formula is C16H28N2O3. The maximum atomic E-state index is 11.6. The second-order valence-corrected chi connectivity index (χ2v) is 5.47. The predicted octanol–water partition coefficient (Wildman–Crippen LogP) is 1.79. The van der Waals surface area contributed by atoms with Gasteiger partial charge in [0.1, 0.15) is 12.1 Å². The number of carbonyl (C=O) groups excluding carboxylic acids is 2. The van der Waals surface area contributed by atoms with Gasteiger partial charge in [0, 0.05) is 12.5 Å². The average molecular weight is 296 g/mol. The summed E-state index contributed by atoms with van der Waals surface area (Å²) in [5, 5.41) is 2.73. The van der Waals surface area contributed by atoms with Gasteiger partial charge in [-0.15, -0.1) is 0 Å². The molecule has 0 aliphatic heterocycles. The fraction of sp³-hybridized carbons (Fsp3) is 0.625. The lowest BCUT2D eigenvalue weighted by molar-refractivity contribution is -0.154. The van der Waals surface area contributed by atoms with Crippen LogP contribution in [0.1, 0.15) is 34.6 Å². The minimum absolute atomic E-state index is 0.0693. The third-order valence-electron chi connectivity index (χ3n) is 2.98. The first-order chi connectivity index (χ1) is 9.79. The second-order valence-electron chi connectivity index (χ2n) is 5.47. The number of hydrogen-bond donors (Lipinski definition) is 2. The molecule has 0 heterocycles. The highest BCUT2D eigenvalue weighted by atomic mass is 16.5. The van der Waals surface area contributed by atoms with E-state index in [2.05, 4.69) is 5.32 Å². The number of allylic oxidation sites excluding steroid dienone is 1. The molecule has 120 valence electrons. The smallest absolute Gasteiger partial charge is 0.322 e. The summed E-state index contributed by atoms with van der Waals surface area (Å²) < 4.78 is 5.41. The average Bonchev–Trinajstić information content (AvgIpc) is 2.41. The molecule has 3 unspecified atom stereocenters. The fourth-order valence-corrected chi connectivity index (χ4v) is 1.78. The summed E-state index contributed by atoms with van der Waals surface area (Å²) in [7, 11) is 0. The molecule has 5 heteroatoms. The van der Waals surface area contributed by atoms with Crippen LogP contribution in [0.2, 0.25) is 0 Å². The zero-order chi connectivity index (χ0) is 16.4. The van der Waals surface area contributed by atoms with Gasteiger partial charge < -0.3 is 15.8 Å². The minimum atomic E-state index is -0.647. The Kier molecular flexibility index (Phi) is 9.37. The molecule has 3 atom stereocenters. The first-order valence-electron chi connectivity index (χ1n) is 7.32. The van der Waals surface area contributed by atoms with Gasteiger partial charge in [-0.3, -0.25) is 9.59 Å². The number of carbonyl (C=O) groups is 2. The van der Waals surface area contributed by atoms with Crippen molar-refractivity contribution < 1.29 is 14.3 Å². The summed E-state index contributed by atoms with van der Waals surface area (Å²) in [4.78, 5) is 23.2. The summed E-state index contributed by atoms with van der Waals surface area (Å²) in [6, 6.07) is -0.647. The number of nitrogens with two attached hydrogens (primary N) is 1. The molecule has 0 fully saturated rings. The summed E-state index contributed by atoms with van der Waals surface area (Å²) in [6.07, 6.45) is 6.65. The first kappa shape index (κ1) is 19.4. The van der Waals surface area contributed by atoms with Gasteiger partial charge in [-0.05, 0) is 25.8 Å². The molecule has 3 N–H and O–H groups in total. The fourth-order valence-electron chi connectivity index (χ4n) is 1.78. The molecule has 0 aromatic rings. The molecule has 0 spiro atoms. The standard InChI is InChI=1S/C16H28N2O3/c1-6-7-10-18-14(19)9-8-12(4)15(11(2)3)21-16(20)13(5)17/h6-9,11-13,15H,10,17H2,1-5H3,(H,18,19)/b7-6+,9-8+. The third kappa shape index (κ3) is 8.30. The van der Waals surface area contributed by atoms with Crippen molar-refractivity contribution in [2.45, 2.75) is 46.8 Å². The molecule has 0 radical (unpaired) electrons. The maximum Gasteiger partial charge on any atom is 0.322 e. The number of esters is 1. The number of hydrogen-bond acceptors (Lipinski definition) is 4. The van der Waals surface area contributed by atoms with Crippen molar-refractivity contribution in [3.05, 3.63) is 24.3 Å². The Hall–Kier alpha value is -1.62. The van der Waals surface area contributed by atoms with Gasteiger partial charge in [0.2, 0.25) is 5.91 Å². The molecule has 0 aromatic heterocycles. The molecule has 0 saturated heterocycles. The van der Waals surface area contributed by atoms with Crippen LogP contribution in [-0.4, -0.2) is 30.6 Å². The zero-order valence-electron chi connectivity index (χ0n) is 13.6.